The zero-order valence-electron chi connectivity index (χ0n) is 14.6. The standard InChI is InChI=1S/C19H20N2O4S/c1-3-20(16-7-5-4-6-8-16)19(23)15-9-11-17(12-10-15)21-18(22)14(2)13-26(21,24)25/h4-12,14H,3,13H2,1-2H3/t14-/m1/s1. The fourth-order valence-electron chi connectivity index (χ4n) is 3.03. The lowest BCUT2D eigenvalue weighted by Gasteiger charge is -2.21. The predicted molar refractivity (Wildman–Crippen MR) is 101 cm³/mol. The summed E-state index contributed by atoms with van der Waals surface area (Å²) in [5, 5.41) is 0. The first kappa shape index (κ1) is 18.1. The largest absolute Gasteiger partial charge is 0.309 e. The van der Waals surface area contributed by atoms with E-state index in [1.54, 1.807) is 24.0 Å². The van der Waals surface area contributed by atoms with Crippen LogP contribution in [0.1, 0.15) is 24.2 Å². The van der Waals surface area contributed by atoms with Crippen LogP contribution in [0.15, 0.2) is 54.6 Å². The molecule has 1 aliphatic rings. The summed E-state index contributed by atoms with van der Waals surface area (Å²) in [4.78, 5) is 26.6. The highest BCUT2D eigenvalue weighted by Crippen LogP contribution is 2.28. The molecule has 1 atom stereocenters. The molecule has 1 heterocycles. The Morgan fingerprint density at radius 1 is 1.12 bits per heavy atom. The molecule has 0 saturated carbocycles. The van der Waals surface area contributed by atoms with Gasteiger partial charge in [-0.1, -0.05) is 25.1 Å². The number of carbonyl (C=O) groups excluding carboxylic acids is 2. The number of sulfonamides is 1. The Balaban J connectivity index is 1.88. The van der Waals surface area contributed by atoms with E-state index in [9.17, 15) is 18.0 Å². The molecule has 0 aliphatic carbocycles. The molecule has 0 spiro atoms. The van der Waals surface area contributed by atoms with Crippen LogP contribution < -0.4 is 9.21 Å². The Bertz CT molecular complexity index is 924. The van der Waals surface area contributed by atoms with Crippen molar-refractivity contribution in [2.75, 3.05) is 21.5 Å². The van der Waals surface area contributed by atoms with Gasteiger partial charge in [-0.2, -0.15) is 0 Å². The summed E-state index contributed by atoms with van der Waals surface area (Å²) in [5.74, 6) is -1.38. The van der Waals surface area contributed by atoms with Crippen LogP contribution in [0, 0.1) is 5.92 Å². The molecule has 136 valence electrons. The van der Waals surface area contributed by atoms with Crippen molar-refractivity contribution >= 4 is 33.2 Å². The first-order valence-electron chi connectivity index (χ1n) is 8.39. The van der Waals surface area contributed by atoms with Crippen molar-refractivity contribution in [1.82, 2.24) is 0 Å². The highest BCUT2D eigenvalue weighted by molar-refractivity contribution is 7.94. The summed E-state index contributed by atoms with van der Waals surface area (Å²) in [6, 6.07) is 15.4. The van der Waals surface area contributed by atoms with Gasteiger partial charge in [0.2, 0.25) is 15.9 Å². The van der Waals surface area contributed by atoms with E-state index >= 15 is 0 Å². The van der Waals surface area contributed by atoms with Crippen LogP contribution in [0.2, 0.25) is 0 Å². The van der Waals surface area contributed by atoms with Crippen molar-refractivity contribution in [3.8, 4) is 0 Å². The number of para-hydroxylation sites is 1. The minimum atomic E-state index is -3.65. The lowest BCUT2D eigenvalue weighted by Crippen LogP contribution is -2.31. The van der Waals surface area contributed by atoms with Crippen LogP contribution in [0.5, 0.6) is 0 Å². The van der Waals surface area contributed by atoms with Gasteiger partial charge in [0.1, 0.15) is 0 Å². The minimum Gasteiger partial charge on any atom is -0.309 e. The van der Waals surface area contributed by atoms with Gasteiger partial charge in [0.25, 0.3) is 5.91 Å². The van der Waals surface area contributed by atoms with Crippen LogP contribution in [0.3, 0.4) is 0 Å². The zero-order valence-corrected chi connectivity index (χ0v) is 15.4. The fourth-order valence-corrected chi connectivity index (χ4v) is 4.85. The number of hydrogen-bond acceptors (Lipinski definition) is 4. The van der Waals surface area contributed by atoms with E-state index in [0.29, 0.717) is 12.1 Å². The van der Waals surface area contributed by atoms with Gasteiger partial charge in [0.15, 0.2) is 0 Å². The molecular weight excluding hydrogens is 352 g/mol. The number of carbonyl (C=O) groups is 2. The number of amides is 2. The molecular formula is C19H20N2O4S. The average Bonchev–Trinajstić information content (AvgIpc) is 2.83. The van der Waals surface area contributed by atoms with Crippen molar-refractivity contribution in [1.29, 1.82) is 0 Å². The number of anilines is 2. The molecule has 2 aromatic rings. The first-order chi connectivity index (χ1) is 12.3. The second-order valence-corrected chi connectivity index (χ2v) is 8.08. The van der Waals surface area contributed by atoms with Crippen molar-refractivity contribution in [3.05, 3.63) is 60.2 Å². The third-order valence-corrected chi connectivity index (χ3v) is 6.21. The summed E-state index contributed by atoms with van der Waals surface area (Å²) in [6.07, 6.45) is 0. The summed E-state index contributed by atoms with van der Waals surface area (Å²) in [7, 11) is -3.65. The quantitative estimate of drug-likeness (QED) is 0.827. The molecule has 0 aromatic heterocycles. The Morgan fingerprint density at radius 3 is 2.23 bits per heavy atom. The molecule has 2 aromatic carbocycles. The molecule has 0 unspecified atom stereocenters. The van der Waals surface area contributed by atoms with E-state index < -0.39 is 21.8 Å². The second kappa shape index (κ2) is 6.92. The topological polar surface area (TPSA) is 74.8 Å². The minimum absolute atomic E-state index is 0.186. The molecule has 26 heavy (non-hydrogen) atoms. The molecule has 1 aliphatic heterocycles. The Hall–Kier alpha value is -2.67. The van der Waals surface area contributed by atoms with Gasteiger partial charge in [-0.3, -0.25) is 9.59 Å². The molecule has 7 heteroatoms. The molecule has 6 nitrogen and oxygen atoms in total. The maximum atomic E-state index is 12.8. The SMILES string of the molecule is CCN(C(=O)c1ccc(N2C(=O)[C@H](C)CS2(=O)=O)cc1)c1ccccc1. The summed E-state index contributed by atoms with van der Waals surface area (Å²) < 4.78 is 25.2. The highest BCUT2D eigenvalue weighted by Gasteiger charge is 2.41. The van der Waals surface area contributed by atoms with Crippen LogP contribution >= 0.6 is 0 Å². The maximum absolute atomic E-state index is 12.8. The van der Waals surface area contributed by atoms with Crippen LogP contribution in [-0.2, 0) is 14.8 Å². The lowest BCUT2D eigenvalue weighted by molar-refractivity contribution is -0.119. The van der Waals surface area contributed by atoms with Crippen molar-refractivity contribution in [2.24, 2.45) is 5.92 Å². The average molecular weight is 372 g/mol. The number of nitrogens with zero attached hydrogens (tertiary/aromatic N) is 2. The zero-order chi connectivity index (χ0) is 18.9. The van der Waals surface area contributed by atoms with E-state index in [4.69, 9.17) is 0 Å². The molecule has 3 rings (SSSR count). The second-order valence-electron chi connectivity index (χ2n) is 6.21. The van der Waals surface area contributed by atoms with Crippen molar-refractivity contribution in [2.45, 2.75) is 13.8 Å². The third kappa shape index (κ3) is 3.22. The molecule has 1 saturated heterocycles. The Morgan fingerprint density at radius 2 is 1.73 bits per heavy atom. The summed E-state index contributed by atoms with van der Waals surface area (Å²) >= 11 is 0. The summed E-state index contributed by atoms with van der Waals surface area (Å²) in [6.45, 7) is 3.98. The van der Waals surface area contributed by atoms with Gasteiger partial charge in [-0.25, -0.2) is 12.7 Å². The first-order valence-corrected chi connectivity index (χ1v) is 10.00. The number of hydrogen-bond donors (Lipinski definition) is 0. The molecule has 1 fully saturated rings. The fraction of sp³-hybridized carbons (Fsp3) is 0.263. The Labute approximate surface area is 153 Å². The third-order valence-electron chi connectivity index (χ3n) is 4.34. The van der Waals surface area contributed by atoms with Crippen LogP contribution in [0.25, 0.3) is 0 Å². The van der Waals surface area contributed by atoms with E-state index in [-0.39, 0.29) is 17.3 Å². The van der Waals surface area contributed by atoms with E-state index in [0.717, 1.165) is 9.99 Å². The van der Waals surface area contributed by atoms with Gasteiger partial charge in [-0.05, 0) is 43.3 Å². The Kier molecular flexibility index (Phi) is 4.82. The van der Waals surface area contributed by atoms with E-state index in [1.165, 1.54) is 12.1 Å². The van der Waals surface area contributed by atoms with Crippen molar-refractivity contribution < 1.29 is 18.0 Å². The molecule has 0 radical (unpaired) electrons. The van der Waals surface area contributed by atoms with Gasteiger partial charge in [0.05, 0.1) is 17.4 Å². The summed E-state index contributed by atoms with van der Waals surface area (Å²) in [5.41, 5.74) is 1.48. The normalized spacial score (nSPS) is 18.8. The number of rotatable bonds is 4. The monoisotopic (exact) mass is 372 g/mol. The molecule has 0 N–H and O–H groups in total. The van der Waals surface area contributed by atoms with E-state index in [1.807, 2.05) is 37.3 Å². The lowest BCUT2D eigenvalue weighted by atomic mass is 10.1. The van der Waals surface area contributed by atoms with Gasteiger partial charge in [0, 0.05) is 17.8 Å². The highest BCUT2D eigenvalue weighted by atomic mass is 32.2. The van der Waals surface area contributed by atoms with Crippen LogP contribution in [-0.4, -0.2) is 32.5 Å². The van der Waals surface area contributed by atoms with Gasteiger partial charge >= 0.3 is 0 Å². The van der Waals surface area contributed by atoms with Crippen molar-refractivity contribution in [3.63, 3.8) is 0 Å². The smallest absolute Gasteiger partial charge is 0.258 e. The molecule has 0 bridgehead atoms. The van der Waals surface area contributed by atoms with Gasteiger partial charge in [-0.15, -0.1) is 0 Å². The predicted octanol–water partition coefficient (Wildman–Crippen LogP) is 2.67. The van der Waals surface area contributed by atoms with Crippen LogP contribution in [0.4, 0.5) is 11.4 Å². The number of benzene rings is 2. The molecule has 2 amide bonds. The van der Waals surface area contributed by atoms with E-state index in [2.05, 4.69) is 0 Å². The van der Waals surface area contributed by atoms with Gasteiger partial charge < -0.3 is 4.90 Å². The maximum Gasteiger partial charge on any atom is 0.258 e.